The van der Waals surface area contributed by atoms with Crippen molar-refractivity contribution in [1.29, 1.82) is 0 Å². The molecule has 0 aliphatic heterocycles. The second kappa shape index (κ2) is 13.7. The molecule has 0 amide bonds. The molecule has 0 bridgehead atoms. The van der Waals surface area contributed by atoms with E-state index in [4.69, 9.17) is 4.42 Å². The Morgan fingerprint density at radius 3 is 1.61 bits per heavy atom. The van der Waals surface area contributed by atoms with Gasteiger partial charge in [-0.25, -0.2) is 0 Å². The van der Waals surface area contributed by atoms with Gasteiger partial charge >= 0.3 is 0 Å². The van der Waals surface area contributed by atoms with Gasteiger partial charge in [-0.2, -0.15) is 0 Å². The van der Waals surface area contributed by atoms with E-state index in [2.05, 4.69) is 219 Å². The molecule has 0 fully saturated rings. The van der Waals surface area contributed by atoms with Crippen molar-refractivity contribution >= 4 is 60.5 Å². The number of hydrogen-bond acceptors (Lipinski definition) is 2. The number of fused-ring (bicyclic) bond motifs is 9. The van der Waals surface area contributed by atoms with Gasteiger partial charge in [0.05, 0.1) is 5.69 Å². The first-order valence-corrected chi connectivity index (χ1v) is 21.2. The first-order valence-electron chi connectivity index (χ1n) is 21.2. The molecule has 288 valence electrons. The summed E-state index contributed by atoms with van der Waals surface area (Å²) in [7, 11) is 0. The normalized spacial score (nSPS) is 12.9. The average Bonchev–Trinajstić information content (AvgIpc) is 3.80. The maximum absolute atomic E-state index is 6.30. The van der Waals surface area contributed by atoms with Gasteiger partial charge in [-0.3, -0.25) is 0 Å². The molecule has 0 unspecified atom stereocenters. The highest BCUT2D eigenvalue weighted by Gasteiger charge is 2.36. The van der Waals surface area contributed by atoms with Crippen molar-refractivity contribution in [3.8, 4) is 44.5 Å². The molecule has 2 nitrogen and oxygen atoms in total. The molecule has 10 aromatic carbocycles. The highest BCUT2D eigenvalue weighted by molar-refractivity contribution is 6.14. The van der Waals surface area contributed by atoms with E-state index in [1.54, 1.807) is 0 Å². The van der Waals surface area contributed by atoms with Gasteiger partial charge in [0.15, 0.2) is 0 Å². The first kappa shape index (κ1) is 35.3. The van der Waals surface area contributed by atoms with Gasteiger partial charge in [-0.05, 0) is 126 Å². The lowest BCUT2D eigenvalue weighted by Gasteiger charge is -2.29. The maximum atomic E-state index is 6.30. The van der Waals surface area contributed by atoms with Gasteiger partial charge in [0, 0.05) is 32.9 Å². The molecular formula is C59H41NO. The highest BCUT2D eigenvalue weighted by atomic mass is 16.3. The average molecular weight is 780 g/mol. The van der Waals surface area contributed by atoms with E-state index in [1.807, 2.05) is 12.1 Å². The van der Waals surface area contributed by atoms with Crippen LogP contribution < -0.4 is 4.90 Å². The predicted octanol–water partition coefficient (Wildman–Crippen LogP) is 16.7. The van der Waals surface area contributed by atoms with Crippen LogP contribution in [0.25, 0.3) is 88.0 Å². The number of nitrogens with zero attached hydrogens (tertiary/aromatic N) is 1. The minimum atomic E-state index is -0.229. The lowest BCUT2D eigenvalue weighted by molar-refractivity contribution is 0.660. The predicted molar refractivity (Wildman–Crippen MR) is 257 cm³/mol. The molecule has 0 radical (unpaired) electrons. The number of anilines is 3. The topological polar surface area (TPSA) is 16.4 Å². The van der Waals surface area contributed by atoms with Crippen molar-refractivity contribution < 1.29 is 4.42 Å². The van der Waals surface area contributed by atoms with Crippen molar-refractivity contribution in [3.63, 3.8) is 0 Å². The zero-order chi connectivity index (χ0) is 40.7. The van der Waals surface area contributed by atoms with Crippen LogP contribution in [0.2, 0.25) is 0 Å². The van der Waals surface area contributed by atoms with Crippen LogP contribution in [0.15, 0.2) is 217 Å². The van der Waals surface area contributed by atoms with E-state index in [1.165, 1.54) is 71.6 Å². The minimum Gasteiger partial charge on any atom is -0.456 e. The van der Waals surface area contributed by atoms with Crippen LogP contribution in [0.1, 0.15) is 25.0 Å². The van der Waals surface area contributed by atoms with Gasteiger partial charge < -0.3 is 9.32 Å². The number of furan rings is 1. The molecule has 61 heavy (non-hydrogen) atoms. The van der Waals surface area contributed by atoms with Gasteiger partial charge in [-0.1, -0.05) is 172 Å². The van der Waals surface area contributed by atoms with E-state index in [9.17, 15) is 0 Å². The molecule has 2 heteroatoms. The van der Waals surface area contributed by atoms with Crippen molar-refractivity contribution in [2.45, 2.75) is 19.3 Å². The van der Waals surface area contributed by atoms with E-state index in [0.29, 0.717) is 0 Å². The Balaban J connectivity index is 0.964. The summed E-state index contributed by atoms with van der Waals surface area (Å²) in [6, 6.07) is 77.5. The number of benzene rings is 10. The Labute approximate surface area is 355 Å². The summed E-state index contributed by atoms with van der Waals surface area (Å²) in [4.78, 5) is 2.46. The fourth-order valence-electron chi connectivity index (χ4n) is 9.89. The summed E-state index contributed by atoms with van der Waals surface area (Å²) in [5, 5.41) is 7.25. The van der Waals surface area contributed by atoms with Crippen LogP contribution in [0.5, 0.6) is 0 Å². The number of para-hydroxylation sites is 1. The Bertz CT molecular complexity index is 3480. The molecule has 1 heterocycles. The van der Waals surface area contributed by atoms with E-state index >= 15 is 0 Å². The first-order chi connectivity index (χ1) is 30.0. The van der Waals surface area contributed by atoms with Crippen LogP contribution in [-0.4, -0.2) is 0 Å². The zero-order valence-electron chi connectivity index (χ0n) is 34.1. The van der Waals surface area contributed by atoms with Gasteiger partial charge in [-0.15, -0.1) is 0 Å². The third-order valence-electron chi connectivity index (χ3n) is 13.1. The standard InChI is InChI=1S/C59H41NO/c1-59(2)54-34-42(43-27-32-53-52-18-10-11-19-57(52)61-58(53)36-43)26-31-49(54)50-33-30-46(37-55(50)59)60(56-35-44-14-6-7-15-47(44)48-16-8-9-17-51(48)56)45-28-24-41(25-29-45)40-22-20-39(21-23-40)38-12-4-3-5-13-38/h3-37H,1-2H3. The molecule has 0 N–H and O–H groups in total. The van der Waals surface area contributed by atoms with Gasteiger partial charge in [0.2, 0.25) is 0 Å². The lowest BCUT2D eigenvalue weighted by Crippen LogP contribution is -2.17. The van der Waals surface area contributed by atoms with Crippen LogP contribution in [0.4, 0.5) is 17.1 Å². The number of rotatable bonds is 6. The second-order valence-electron chi connectivity index (χ2n) is 16.9. The van der Waals surface area contributed by atoms with Crippen LogP contribution in [0.3, 0.4) is 0 Å². The molecule has 0 atom stereocenters. The monoisotopic (exact) mass is 779 g/mol. The minimum absolute atomic E-state index is 0.229. The summed E-state index contributed by atoms with van der Waals surface area (Å²) in [6.45, 7) is 4.75. The second-order valence-corrected chi connectivity index (χ2v) is 16.9. The summed E-state index contributed by atoms with van der Waals surface area (Å²) >= 11 is 0. The molecule has 11 aromatic rings. The lowest BCUT2D eigenvalue weighted by atomic mass is 9.81. The SMILES string of the molecule is CC1(C)c2cc(-c3ccc4c(c3)oc3ccccc34)ccc2-c2ccc(N(c3ccc(-c4ccc(-c5ccccc5)cc4)cc3)c3cc4ccccc4c4ccccc34)cc21. The Morgan fingerprint density at radius 1 is 0.344 bits per heavy atom. The van der Waals surface area contributed by atoms with E-state index in [0.717, 1.165) is 44.6 Å². The summed E-state index contributed by atoms with van der Waals surface area (Å²) in [6.07, 6.45) is 0. The van der Waals surface area contributed by atoms with Crippen LogP contribution in [-0.2, 0) is 5.41 Å². The highest BCUT2D eigenvalue weighted by Crippen LogP contribution is 2.52. The van der Waals surface area contributed by atoms with Gasteiger partial charge in [0.1, 0.15) is 11.2 Å². The fourth-order valence-corrected chi connectivity index (χ4v) is 9.89. The zero-order valence-corrected chi connectivity index (χ0v) is 34.1. The number of hydrogen-bond donors (Lipinski definition) is 0. The summed E-state index contributed by atoms with van der Waals surface area (Å²) in [5.41, 5.74) is 17.5. The molecule has 1 aliphatic carbocycles. The van der Waals surface area contributed by atoms with E-state index < -0.39 is 0 Å². The Hall–Kier alpha value is -7.68. The third kappa shape index (κ3) is 5.71. The fraction of sp³-hybridized carbons (Fsp3) is 0.0508. The van der Waals surface area contributed by atoms with Crippen LogP contribution in [0, 0.1) is 0 Å². The maximum Gasteiger partial charge on any atom is 0.136 e. The quantitative estimate of drug-likeness (QED) is 0.156. The van der Waals surface area contributed by atoms with Crippen molar-refractivity contribution in [3.05, 3.63) is 223 Å². The molecule has 1 aliphatic rings. The van der Waals surface area contributed by atoms with Crippen molar-refractivity contribution in [2.75, 3.05) is 4.90 Å². The smallest absolute Gasteiger partial charge is 0.136 e. The van der Waals surface area contributed by atoms with Crippen molar-refractivity contribution in [2.24, 2.45) is 0 Å². The molecule has 12 rings (SSSR count). The Morgan fingerprint density at radius 2 is 0.852 bits per heavy atom. The third-order valence-corrected chi connectivity index (χ3v) is 13.1. The molecule has 0 spiro atoms. The largest absolute Gasteiger partial charge is 0.456 e. The van der Waals surface area contributed by atoms with Crippen molar-refractivity contribution in [1.82, 2.24) is 0 Å². The summed E-state index contributed by atoms with van der Waals surface area (Å²) in [5.74, 6) is 0. The molecular weight excluding hydrogens is 739 g/mol. The molecule has 1 aromatic heterocycles. The van der Waals surface area contributed by atoms with Crippen LogP contribution >= 0.6 is 0 Å². The Kier molecular flexibility index (Phi) is 7.92. The summed E-state index contributed by atoms with van der Waals surface area (Å²) < 4.78 is 6.30. The van der Waals surface area contributed by atoms with E-state index in [-0.39, 0.29) is 5.41 Å². The van der Waals surface area contributed by atoms with Gasteiger partial charge in [0.25, 0.3) is 0 Å². The molecule has 0 saturated heterocycles. The molecule has 0 saturated carbocycles.